The van der Waals surface area contributed by atoms with Gasteiger partial charge >= 0.3 is 0 Å². The second-order valence-corrected chi connectivity index (χ2v) is 7.84. The van der Waals surface area contributed by atoms with E-state index in [1.165, 1.54) is 35.8 Å². The fourth-order valence-electron chi connectivity index (χ4n) is 2.79. The molecule has 0 amide bonds. The molecule has 1 N–H and O–H groups in total. The Labute approximate surface area is 137 Å². The number of methoxy groups -OCH3 is 1. The van der Waals surface area contributed by atoms with Gasteiger partial charge in [-0.3, -0.25) is 4.72 Å². The minimum Gasteiger partial charge on any atom is -0.497 e. The second kappa shape index (κ2) is 6.24. The lowest BCUT2D eigenvalue weighted by Crippen LogP contribution is -2.10. The first-order valence-electron chi connectivity index (χ1n) is 7.68. The van der Waals surface area contributed by atoms with Crippen molar-refractivity contribution in [3.8, 4) is 5.75 Å². The molecule has 5 heteroatoms. The molecule has 1 aliphatic rings. The molecule has 2 aromatic carbocycles. The highest BCUT2D eigenvalue weighted by Crippen LogP contribution is 2.42. The summed E-state index contributed by atoms with van der Waals surface area (Å²) in [5.74, 6) is 1.46. The van der Waals surface area contributed by atoms with Crippen molar-refractivity contribution in [1.82, 2.24) is 0 Å². The third-order valence-electron chi connectivity index (χ3n) is 4.02. The highest BCUT2D eigenvalue weighted by Gasteiger charge is 2.26. The molecule has 23 heavy (non-hydrogen) atoms. The van der Waals surface area contributed by atoms with Crippen LogP contribution in [0.25, 0.3) is 0 Å². The fraction of sp³-hybridized carbons (Fsp3) is 0.333. The van der Waals surface area contributed by atoms with E-state index in [-0.39, 0.29) is 0 Å². The number of anilines is 1. The molecule has 0 spiro atoms. The van der Waals surface area contributed by atoms with Gasteiger partial charge in [-0.1, -0.05) is 18.2 Å². The SMILES string of the molecule is COc1ccc(Cc2cc(NS(C)(=O)=O)ccc2C2CC2)cc1. The molecular formula is C18H21NO3S. The van der Waals surface area contributed by atoms with E-state index in [1.54, 1.807) is 7.11 Å². The molecular weight excluding hydrogens is 310 g/mol. The van der Waals surface area contributed by atoms with Crippen molar-refractivity contribution < 1.29 is 13.2 Å². The van der Waals surface area contributed by atoms with Crippen LogP contribution in [0, 0.1) is 0 Å². The molecule has 122 valence electrons. The topological polar surface area (TPSA) is 55.4 Å². The monoisotopic (exact) mass is 331 g/mol. The van der Waals surface area contributed by atoms with Crippen LogP contribution in [0.2, 0.25) is 0 Å². The Morgan fingerprint density at radius 3 is 2.39 bits per heavy atom. The Kier molecular flexibility index (Phi) is 4.31. The van der Waals surface area contributed by atoms with Gasteiger partial charge in [0.15, 0.2) is 0 Å². The number of hydrogen-bond acceptors (Lipinski definition) is 3. The minimum absolute atomic E-state index is 0.621. The quantitative estimate of drug-likeness (QED) is 0.881. The second-order valence-electron chi connectivity index (χ2n) is 6.09. The van der Waals surface area contributed by atoms with Crippen LogP contribution in [0.4, 0.5) is 5.69 Å². The minimum atomic E-state index is -3.26. The summed E-state index contributed by atoms with van der Waals surface area (Å²) in [7, 11) is -1.61. The van der Waals surface area contributed by atoms with Gasteiger partial charge in [0.25, 0.3) is 0 Å². The predicted molar refractivity (Wildman–Crippen MR) is 92.7 cm³/mol. The number of hydrogen-bond donors (Lipinski definition) is 1. The number of sulfonamides is 1. The van der Waals surface area contributed by atoms with E-state index >= 15 is 0 Å². The van der Waals surface area contributed by atoms with Gasteiger partial charge in [0.1, 0.15) is 5.75 Å². The summed E-state index contributed by atoms with van der Waals surface area (Å²) in [6, 6.07) is 13.9. The largest absolute Gasteiger partial charge is 0.497 e. The lowest BCUT2D eigenvalue weighted by Gasteiger charge is -2.13. The highest BCUT2D eigenvalue weighted by molar-refractivity contribution is 7.92. The first-order valence-corrected chi connectivity index (χ1v) is 9.57. The van der Waals surface area contributed by atoms with Crippen molar-refractivity contribution in [2.45, 2.75) is 25.2 Å². The molecule has 0 atom stereocenters. The summed E-state index contributed by atoms with van der Waals surface area (Å²) in [5, 5.41) is 0. The van der Waals surface area contributed by atoms with Crippen LogP contribution in [0.15, 0.2) is 42.5 Å². The molecule has 2 aromatic rings. The summed E-state index contributed by atoms with van der Waals surface area (Å²) in [6.07, 6.45) is 4.39. The summed E-state index contributed by atoms with van der Waals surface area (Å²) in [5.41, 5.74) is 4.33. The van der Waals surface area contributed by atoms with Crippen LogP contribution in [0.5, 0.6) is 5.75 Å². The summed E-state index contributed by atoms with van der Waals surface area (Å²) in [6.45, 7) is 0. The van der Waals surface area contributed by atoms with Gasteiger partial charge in [-0.2, -0.15) is 0 Å². The van der Waals surface area contributed by atoms with Crippen molar-refractivity contribution in [3.05, 3.63) is 59.2 Å². The van der Waals surface area contributed by atoms with E-state index in [1.807, 2.05) is 36.4 Å². The Morgan fingerprint density at radius 2 is 1.83 bits per heavy atom. The Hall–Kier alpha value is -2.01. The van der Waals surface area contributed by atoms with Crippen LogP contribution in [-0.4, -0.2) is 21.8 Å². The molecule has 0 unspecified atom stereocenters. The molecule has 1 aliphatic carbocycles. The molecule has 0 bridgehead atoms. The Bertz CT molecular complexity index is 794. The molecule has 0 saturated heterocycles. The lowest BCUT2D eigenvalue weighted by atomic mass is 9.96. The first-order chi connectivity index (χ1) is 10.9. The molecule has 0 heterocycles. The molecule has 1 fully saturated rings. The Balaban J connectivity index is 1.89. The molecule has 3 rings (SSSR count). The molecule has 4 nitrogen and oxygen atoms in total. The maximum absolute atomic E-state index is 11.4. The van der Waals surface area contributed by atoms with Gasteiger partial charge in [-0.25, -0.2) is 8.42 Å². The average Bonchev–Trinajstić information content (AvgIpc) is 3.31. The van der Waals surface area contributed by atoms with E-state index in [4.69, 9.17) is 4.74 Å². The maximum atomic E-state index is 11.4. The van der Waals surface area contributed by atoms with Crippen LogP contribution >= 0.6 is 0 Å². The van der Waals surface area contributed by atoms with Gasteiger partial charge < -0.3 is 4.74 Å². The smallest absolute Gasteiger partial charge is 0.229 e. The van der Waals surface area contributed by atoms with Gasteiger partial charge in [-0.05, 0) is 66.1 Å². The number of ether oxygens (including phenoxy) is 1. The maximum Gasteiger partial charge on any atom is 0.229 e. The van der Waals surface area contributed by atoms with Crippen molar-refractivity contribution in [2.75, 3.05) is 18.1 Å². The predicted octanol–water partition coefficient (Wildman–Crippen LogP) is 3.53. The lowest BCUT2D eigenvalue weighted by molar-refractivity contribution is 0.414. The van der Waals surface area contributed by atoms with Gasteiger partial charge in [0.05, 0.1) is 13.4 Å². The van der Waals surface area contributed by atoms with Crippen molar-refractivity contribution in [1.29, 1.82) is 0 Å². The standard InChI is InChI=1S/C18H21NO3S/c1-22-17-8-3-13(4-9-17)11-15-12-16(19-23(2,20)21)7-10-18(15)14-5-6-14/h3-4,7-10,12,14,19H,5-6,11H2,1-2H3. The normalized spacial score (nSPS) is 14.5. The number of nitrogens with one attached hydrogen (secondary N) is 1. The average molecular weight is 331 g/mol. The summed E-state index contributed by atoms with van der Waals surface area (Å²) >= 11 is 0. The van der Waals surface area contributed by atoms with E-state index in [0.717, 1.165) is 12.2 Å². The third-order valence-corrected chi connectivity index (χ3v) is 4.62. The highest BCUT2D eigenvalue weighted by atomic mass is 32.2. The zero-order valence-electron chi connectivity index (χ0n) is 13.4. The van der Waals surface area contributed by atoms with Gasteiger partial charge in [0.2, 0.25) is 10.0 Å². The first kappa shape index (κ1) is 15.9. The van der Waals surface area contributed by atoms with Gasteiger partial charge in [0, 0.05) is 5.69 Å². The van der Waals surface area contributed by atoms with Crippen LogP contribution in [0.3, 0.4) is 0 Å². The van der Waals surface area contributed by atoms with Crippen molar-refractivity contribution in [2.24, 2.45) is 0 Å². The fourth-order valence-corrected chi connectivity index (χ4v) is 3.35. The number of benzene rings is 2. The number of rotatable bonds is 6. The molecule has 0 radical (unpaired) electrons. The molecule has 0 aromatic heterocycles. The van der Waals surface area contributed by atoms with Crippen molar-refractivity contribution >= 4 is 15.7 Å². The Morgan fingerprint density at radius 1 is 1.13 bits per heavy atom. The van der Waals surface area contributed by atoms with Gasteiger partial charge in [-0.15, -0.1) is 0 Å². The zero-order chi connectivity index (χ0) is 16.4. The zero-order valence-corrected chi connectivity index (χ0v) is 14.2. The van der Waals surface area contributed by atoms with Crippen molar-refractivity contribution in [3.63, 3.8) is 0 Å². The van der Waals surface area contributed by atoms with E-state index in [0.29, 0.717) is 11.6 Å². The summed E-state index contributed by atoms with van der Waals surface area (Å²) in [4.78, 5) is 0. The summed E-state index contributed by atoms with van der Waals surface area (Å²) < 4.78 is 30.6. The van der Waals surface area contributed by atoms with Crippen LogP contribution in [-0.2, 0) is 16.4 Å². The van der Waals surface area contributed by atoms with Crippen LogP contribution < -0.4 is 9.46 Å². The van der Waals surface area contributed by atoms with E-state index < -0.39 is 10.0 Å². The van der Waals surface area contributed by atoms with E-state index in [2.05, 4.69) is 10.8 Å². The molecule has 1 saturated carbocycles. The molecule has 0 aliphatic heterocycles. The van der Waals surface area contributed by atoms with Crippen LogP contribution in [0.1, 0.15) is 35.4 Å². The van der Waals surface area contributed by atoms with E-state index in [9.17, 15) is 8.42 Å². The third kappa shape index (κ3) is 4.26.